The van der Waals surface area contributed by atoms with Crippen molar-refractivity contribution in [3.63, 3.8) is 0 Å². The minimum absolute atomic E-state index is 0. The van der Waals surface area contributed by atoms with Crippen molar-refractivity contribution in [3.05, 3.63) is 35.4 Å². The van der Waals surface area contributed by atoms with E-state index in [1.54, 1.807) is 5.01 Å². The van der Waals surface area contributed by atoms with E-state index in [1.807, 2.05) is 38.4 Å². The third kappa shape index (κ3) is 3.51. The number of hydrogen-bond donors (Lipinski definition) is 1. The Morgan fingerprint density at radius 3 is 2.50 bits per heavy atom. The summed E-state index contributed by atoms with van der Waals surface area (Å²) < 4.78 is 0. The van der Waals surface area contributed by atoms with Gasteiger partial charge in [-0.05, 0) is 26.1 Å². The van der Waals surface area contributed by atoms with E-state index in [9.17, 15) is 4.79 Å². The first-order valence-corrected chi connectivity index (χ1v) is 6.95. The van der Waals surface area contributed by atoms with Crippen LogP contribution in [0, 0.1) is 0 Å². The van der Waals surface area contributed by atoms with E-state index in [0.29, 0.717) is 11.4 Å². The highest BCUT2D eigenvalue weighted by molar-refractivity contribution is 6.17. The largest absolute Gasteiger partial charge is 0.304 e. The number of benzene rings is 1. The summed E-state index contributed by atoms with van der Waals surface area (Å²) in [5, 5.41) is 1.66. The highest BCUT2D eigenvalue weighted by atomic mass is 35.5. The predicted octanol–water partition coefficient (Wildman–Crippen LogP) is 1.91. The molecule has 1 saturated heterocycles. The summed E-state index contributed by atoms with van der Waals surface area (Å²) in [6.45, 7) is 0.749. The van der Waals surface area contributed by atoms with Crippen LogP contribution < -0.4 is 5.84 Å². The molecule has 6 heteroatoms. The molecule has 2 atom stereocenters. The first-order chi connectivity index (χ1) is 9.04. The number of carbonyl (C=O) groups is 1. The van der Waals surface area contributed by atoms with Crippen molar-refractivity contribution in [2.45, 2.75) is 24.4 Å². The van der Waals surface area contributed by atoms with Crippen molar-refractivity contribution >= 4 is 29.8 Å². The molecule has 0 bridgehead atoms. The zero-order chi connectivity index (χ0) is 14.0. The number of hydrogen-bond acceptors (Lipinski definition) is 4. The van der Waals surface area contributed by atoms with Crippen LogP contribution in [0.25, 0.3) is 0 Å². The van der Waals surface area contributed by atoms with Gasteiger partial charge in [0.05, 0.1) is 0 Å². The number of hydrazine groups is 1. The molecule has 2 N–H and O–H groups in total. The Labute approximate surface area is 131 Å². The summed E-state index contributed by atoms with van der Waals surface area (Å²) in [5.74, 6) is 6.51. The van der Waals surface area contributed by atoms with E-state index in [2.05, 4.69) is 4.90 Å². The smallest absolute Gasteiger partial charge is 0.182 e. The first kappa shape index (κ1) is 17.4. The number of Topliss-reactive ketones (excluding diaryl/α,β-unsaturated/α-hetero) is 1. The summed E-state index contributed by atoms with van der Waals surface area (Å²) in [6.07, 6.45) is 0.916. The number of nitrogens with zero attached hydrogens (tertiary/aromatic N) is 2. The van der Waals surface area contributed by atoms with Crippen molar-refractivity contribution in [3.8, 4) is 0 Å². The van der Waals surface area contributed by atoms with Gasteiger partial charge in [0.1, 0.15) is 6.04 Å². The summed E-state index contributed by atoms with van der Waals surface area (Å²) in [7, 11) is 3.97. The second-order valence-electron chi connectivity index (χ2n) is 5.20. The van der Waals surface area contributed by atoms with E-state index >= 15 is 0 Å². The molecule has 1 aromatic carbocycles. The van der Waals surface area contributed by atoms with Gasteiger partial charge in [-0.3, -0.25) is 10.6 Å². The van der Waals surface area contributed by atoms with Crippen LogP contribution in [-0.2, 0) is 5.88 Å². The SMILES string of the molecule is CN(C)C1CCN(N)C1C(=O)c1ccc(CCl)cc1.Cl. The zero-order valence-corrected chi connectivity index (χ0v) is 13.3. The molecule has 0 spiro atoms. The van der Waals surface area contributed by atoms with Crippen LogP contribution in [0.4, 0.5) is 0 Å². The summed E-state index contributed by atoms with van der Waals surface area (Å²) in [6, 6.07) is 7.35. The molecule has 0 radical (unpaired) electrons. The highest BCUT2D eigenvalue weighted by Crippen LogP contribution is 2.22. The van der Waals surface area contributed by atoms with Gasteiger partial charge in [-0.15, -0.1) is 24.0 Å². The number of nitrogens with two attached hydrogens (primary N) is 1. The third-order valence-electron chi connectivity index (χ3n) is 3.73. The lowest BCUT2D eigenvalue weighted by Gasteiger charge is -2.27. The highest BCUT2D eigenvalue weighted by Gasteiger charge is 2.39. The van der Waals surface area contributed by atoms with Crippen LogP contribution in [0.3, 0.4) is 0 Å². The van der Waals surface area contributed by atoms with Crippen LogP contribution in [0.5, 0.6) is 0 Å². The standard InChI is InChI=1S/C14H20ClN3O.ClH/c1-17(2)12-7-8-18(16)13(12)14(19)11-5-3-10(9-15)4-6-11;/h3-6,12-13H,7-9,16H2,1-2H3;1H. The molecule has 20 heavy (non-hydrogen) atoms. The van der Waals surface area contributed by atoms with Crippen LogP contribution in [0.2, 0.25) is 0 Å². The van der Waals surface area contributed by atoms with Crippen molar-refractivity contribution < 1.29 is 4.79 Å². The Morgan fingerprint density at radius 2 is 2.00 bits per heavy atom. The molecule has 1 fully saturated rings. The molecular weight excluding hydrogens is 297 g/mol. The number of ketones is 1. The molecule has 0 amide bonds. The van der Waals surface area contributed by atoms with Gasteiger partial charge < -0.3 is 4.90 Å². The van der Waals surface area contributed by atoms with Crippen molar-refractivity contribution in [1.29, 1.82) is 0 Å². The summed E-state index contributed by atoms with van der Waals surface area (Å²) in [4.78, 5) is 14.7. The molecule has 4 nitrogen and oxygen atoms in total. The average Bonchev–Trinajstić information content (AvgIpc) is 2.80. The fraction of sp³-hybridized carbons (Fsp3) is 0.500. The normalized spacial score (nSPS) is 22.9. The minimum atomic E-state index is -0.267. The predicted molar refractivity (Wildman–Crippen MR) is 84.4 cm³/mol. The molecule has 1 aliphatic heterocycles. The molecule has 1 aliphatic rings. The molecular formula is C14H21Cl2N3O. The maximum absolute atomic E-state index is 12.6. The van der Waals surface area contributed by atoms with Gasteiger partial charge in [-0.1, -0.05) is 24.3 Å². The number of carbonyl (C=O) groups excluding carboxylic acids is 1. The number of rotatable bonds is 4. The molecule has 0 aliphatic carbocycles. The van der Waals surface area contributed by atoms with Gasteiger partial charge >= 0.3 is 0 Å². The van der Waals surface area contributed by atoms with Crippen LogP contribution in [0.15, 0.2) is 24.3 Å². The Hall–Kier alpha value is -0.650. The molecule has 0 aromatic heterocycles. The Kier molecular flexibility index (Phi) is 6.43. The zero-order valence-electron chi connectivity index (χ0n) is 11.8. The average molecular weight is 318 g/mol. The van der Waals surface area contributed by atoms with Gasteiger partial charge in [-0.2, -0.15) is 0 Å². The Balaban J connectivity index is 0.00000200. The van der Waals surface area contributed by atoms with Gasteiger partial charge in [0.25, 0.3) is 0 Å². The number of halogens is 2. The maximum Gasteiger partial charge on any atom is 0.182 e. The summed E-state index contributed by atoms with van der Waals surface area (Å²) in [5.41, 5.74) is 1.71. The van der Waals surface area contributed by atoms with Gasteiger partial charge in [0.2, 0.25) is 0 Å². The van der Waals surface area contributed by atoms with E-state index in [4.69, 9.17) is 17.4 Å². The lowest BCUT2D eigenvalue weighted by atomic mass is 9.97. The second kappa shape index (κ2) is 7.38. The van der Waals surface area contributed by atoms with Crippen LogP contribution in [0.1, 0.15) is 22.3 Å². The topological polar surface area (TPSA) is 49.6 Å². The number of alkyl halides is 1. The molecule has 1 aromatic rings. The van der Waals surface area contributed by atoms with Gasteiger partial charge in [-0.25, -0.2) is 5.01 Å². The fourth-order valence-electron chi connectivity index (χ4n) is 2.59. The molecule has 0 saturated carbocycles. The Bertz CT molecular complexity index is 450. The summed E-state index contributed by atoms with van der Waals surface area (Å²) >= 11 is 5.75. The van der Waals surface area contributed by atoms with Gasteiger partial charge in [0.15, 0.2) is 5.78 Å². The van der Waals surface area contributed by atoms with Crippen molar-refractivity contribution in [1.82, 2.24) is 9.91 Å². The molecule has 2 rings (SSSR count). The lowest BCUT2D eigenvalue weighted by Crippen LogP contribution is -2.49. The Morgan fingerprint density at radius 1 is 1.40 bits per heavy atom. The molecule has 2 unspecified atom stereocenters. The van der Waals surface area contributed by atoms with Crippen molar-refractivity contribution in [2.75, 3.05) is 20.6 Å². The third-order valence-corrected chi connectivity index (χ3v) is 4.04. The van der Waals surface area contributed by atoms with E-state index in [0.717, 1.165) is 18.5 Å². The first-order valence-electron chi connectivity index (χ1n) is 6.41. The maximum atomic E-state index is 12.6. The monoisotopic (exact) mass is 317 g/mol. The lowest BCUT2D eigenvalue weighted by molar-refractivity contribution is 0.0802. The van der Waals surface area contributed by atoms with Gasteiger partial charge in [0, 0.05) is 24.0 Å². The quantitative estimate of drug-likeness (QED) is 0.523. The molecule has 1 heterocycles. The minimum Gasteiger partial charge on any atom is -0.304 e. The molecule has 112 valence electrons. The van der Waals surface area contributed by atoms with E-state index < -0.39 is 0 Å². The fourth-order valence-corrected chi connectivity index (χ4v) is 2.77. The van der Waals surface area contributed by atoms with Crippen LogP contribution in [-0.4, -0.2) is 48.4 Å². The van der Waals surface area contributed by atoms with Crippen molar-refractivity contribution in [2.24, 2.45) is 5.84 Å². The number of likely N-dealkylation sites (N-methyl/N-ethyl adjacent to an activating group) is 1. The van der Waals surface area contributed by atoms with Crippen LogP contribution >= 0.6 is 24.0 Å². The second-order valence-corrected chi connectivity index (χ2v) is 5.46. The van der Waals surface area contributed by atoms with E-state index in [-0.39, 0.29) is 30.3 Å². The van der Waals surface area contributed by atoms with E-state index in [1.165, 1.54) is 0 Å².